The van der Waals surface area contributed by atoms with Crippen LogP contribution in [0.15, 0.2) is 57.7 Å². The van der Waals surface area contributed by atoms with Gasteiger partial charge in [0.15, 0.2) is 11.7 Å². The molecule has 0 spiro atoms. The molecule has 3 rings (SSSR count). The number of aromatic nitrogens is 1. The molecule has 0 unspecified atom stereocenters. The molecule has 0 aliphatic heterocycles. The van der Waals surface area contributed by atoms with E-state index < -0.39 is 29.5 Å². The molecule has 2 N–H and O–H groups in total. The highest BCUT2D eigenvalue weighted by Gasteiger charge is 2.15. The largest absolute Gasteiger partial charge is 0.481 e. The van der Waals surface area contributed by atoms with Gasteiger partial charge in [0.2, 0.25) is 5.91 Å². The maximum Gasteiger partial charge on any atom is 0.419 e. The summed E-state index contributed by atoms with van der Waals surface area (Å²) in [4.78, 5) is 35.8. The molecule has 0 aliphatic rings. The third kappa shape index (κ3) is 5.22. The van der Waals surface area contributed by atoms with Crippen molar-refractivity contribution in [3.8, 4) is 5.75 Å². The summed E-state index contributed by atoms with van der Waals surface area (Å²) in [7, 11) is 0. The molecule has 152 valence electrons. The van der Waals surface area contributed by atoms with E-state index in [1.165, 1.54) is 35.8 Å². The van der Waals surface area contributed by atoms with Crippen LogP contribution in [0.3, 0.4) is 0 Å². The highest BCUT2D eigenvalue weighted by atomic mass is 19.1. The SMILES string of the molecule is C[C@@H](Oc1ccc(F)cc1)C(=O)NNC(=O)CCCn1c(=O)oc2ccccc21. The lowest BCUT2D eigenvalue weighted by atomic mass is 10.3. The number of rotatable bonds is 7. The molecule has 3 aromatic rings. The summed E-state index contributed by atoms with van der Waals surface area (Å²) in [5, 5.41) is 0. The standard InChI is InChI=1S/C20H20FN3O5/c1-13(28-15-10-8-14(21)9-11-15)19(26)23-22-18(25)7-4-12-24-16-5-2-3-6-17(16)29-20(24)27/h2-3,5-6,8-11,13H,4,7,12H2,1H3,(H,22,25)(H,23,26)/t13-/m1/s1. The van der Waals surface area contributed by atoms with Crippen LogP contribution in [0.2, 0.25) is 0 Å². The number of aryl methyl sites for hydroxylation is 1. The van der Waals surface area contributed by atoms with E-state index >= 15 is 0 Å². The number of amides is 2. The van der Waals surface area contributed by atoms with Crippen molar-refractivity contribution >= 4 is 22.9 Å². The maximum absolute atomic E-state index is 12.9. The molecule has 0 fully saturated rings. The maximum atomic E-state index is 12.9. The lowest BCUT2D eigenvalue weighted by molar-refractivity contribution is -0.132. The van der Waals surface area contributed by atoms with Gasteiger partial charge in [-0.25, -0.2) is 9.18 Å². The van der Waals surface area contributed by atoms with Crippen LogP contribution >= 0.6 is 0 Å². The number of carbonyl (C=O) groups is 2. The molecule has 2 amide bonds. The Labute approximate surface area is 165 Å². The molecule has 8 nitrogen and oxygen atoms in total. The molecule has 0 bridgehead atoms. The summed E-state index contributed by atoms with van der Waals surface area (Å²) < 4.78 is 24.8. The van der Waals surface area contributed by atoms with E-state index in [4.69, 9.17) is 9.15 Å². The van der Waals surface area contributed by atoms with E-state index in [1.54, 1.807) is 24.3 Å². The van der Waals surface area contributed by atoms with Crippen molar-refractivity contribution in [2.75, 3.05) is 0 Å². The third-order valence-corrected chi connectivity index (χ3v) is 4.18. The van der Waals surface area contributed by atoms with Gasteiger partial charge in [-0.1, -0.05) is 12.1 Å². The minimum absolute atomic E-state index is 0.0967. The molecule has 29 heavy (non-hydrogen) atoms. The van der Waals surface area contributed by atoms with Gasteiger partial charge in [-0.3, -0.25) is 25.0 Å². The summed E-state index contributed by atoms with van der Waals surface area (Å²) >= 11 is 0. The van der Waals surface area contributed by atoms with Gasteiger partial charge < -0.3 is 9.15 Å². The number of nitrogens with one attached hydrogen (secondary N) is 2. The Morgan fingerprint density at radius 1 is 1.14 bits per heavy atom. The van der Waals surface area contributed by atoms with E-state index in [0.717, 1.165) is 0 Å². The van der Waals surface area contributed by atoms with Crippen LogP contribution in [-0.4, -0.2) is 22.5 Å². The summed E-state index contributed by atoms with van der Waals surface area (Å²) in [5.41, 5.74) is 5.73. The molecular formula is C20H20FN3O5. The normalized spacial score (nSPS) is 11.8. The van der Waals surface area contributed by atoms with Crippen molar-refractivity contribution in [2.45, 2.75) is 32.4 Å². The molecule has 1 atom stereocenters. The molecule has 1 heterocycles. The van der Waals surface area contributed by atoms with Crippen molar-refractivity contribution in [2.24, 2.45) is 0 Å². The van der Waals surface area contributed by atoms with Gasteiger partial charge in [0, 0.05) is 13.0 Å². The molecular weight excluding hydrogens is 381 g/mol. The Morgan fingerprint density at radius 3 is 2.62 bits per heavy atom. The average Bonchev–Trinajstić information content (AvgIpc) is 3.03. The molecule has 0 saturated heterocycles. The van der Waals surface area contributed by atoms with Gasteiger partial charge in [0.25, 0.3) is 5.91 Å². The van der Waals surface area contributed by atoms with Crippen LogP contribution in [0, 0.1) is 5.82 Å². The number of hydrogen-bond acceptors (Lipinski definition) is 5. The summed E-state index contributed by atoms with van der Waals surface area (Å²) in [6.07, 6.45) is -0.414. The first kappa shape index (κ1) is 20.1. The number of carbonyl (C=O) groups excluding carboxylic acids is 2. The zero-order valence-corrected chi connectivity index (χ0v) is 15.7. The number of oxazole rings is 1. The molecule has 0 saturated carbocycles. The zero-order chi connectivity index (χ0) is 20.8. The van der Waals surface area contributed by atoms with Crippen molar-refractivity contribution in [3.63, 3.8) is 0 Å². The van der Waals surface area contributed by atoms with Gasteiger partial charge in [0.1, 0.15) is 11.6 Å². The number of para-hydroxylation sites is 2. The first-order valence-corrected chi connectivity index (χ1v) is 9.03. The molecule has 1 aromatic heterocycles. The van der Waals surface area contributed by atoms with E-state index in [-0.39, 0.29) is 6.42 Å². The number of benzene rings is 2. The van der Waals surface area contributed by atoms with Crippen LogP contribution in [0.5, 0.6) is 5.75 Å². The molecule has 2 aromatic carbocycles. The number of hydrogen-bond donors (Lipinski definition) is 2. The van der Waals surface area contributed by atoms with E-state index in [9.17, 15) is 18.8 Å². The minimum atomic E-state index is -0.892. The second kappa shape index (κ2) is 9.05. The molecule has 0 radical (unpaired) electrons. The van der Waals surface area contributed by atoms with Gasteiger partial charge >= 0.3 is 5.76 Å². The van der Waals surface area contributed by atoms with Gasteiger partial charge in [-0.05, 0) is 49.7 Å². The summed E-state index contributed by atoms with van der Waals surface area (Å²) in [6.45, 7) is 1.81. The highest BCUT2D eigenvalue weighted by molar-refractivity contribution is 5.84. The Kier molecular flexibility index (Phi) is 6.28. The van der Waals surface area contributed by atoms with Gasteiger partial charge in [-0.2, -0.15) is 0 Å². The topological polar surface area (TPSA) is 103 Å². The fraction of sp³-hybridized carbons (Fsp3) is 0.250. The average molecular weight is 401 g/mol. The van der Waals surface area contributed by atoms with Crippen LogP contribution in [-0.2, 0) is 16.1 Å². The number of halogens is 1. The van der Waals surface area contributed by atoms with E-state index in [1.807, 2.05) is 0 Å². The Hall–Kier alpha value is -3.62. The number of ether oxygens (including phenoxy) is 1. The fourth-order valence-electron chi connectivity index (χ4n) is 2.69. The quantitative estimate of drug-likeness (QED) is 0.591. The smallest absolute Gasteiger partial charge is 0.419 e. The Balaban J connectivity index is 1.42. The van der Waals surface area contributed by atoms with Gasteiger partial charge in [-0.15, -0.1) is 0 Å². The van der Waals surface area contributed by atoms with Crippen LogP contribution in [0.25, 0.3) is 11.1 Å². The first-order chi connectivity index (χ1) is 13.9. The lowest BCUT2D eigenvalue weighted by Gasteiger charge is -2.15. The van der Waals surface area contributed by atoms with Gasteiger partial charge in [0.05, 0.1) is 5.52 Å². The van der Waals surface area contributed by atoms with Crippen molar-refractivity contribution < 1.29 is 23.1 Å². The summed E-state index contributed by atoms with van der Waals surface area (Å²) in [5.74, 6) is -1.52. The third-order valence-electron chi connectivity index (χ3n) is 4.18. The summed E-state index contributed by atoms with van der Waals surface area (Å²) in [6, 6.07) is 12.3. The van der Waals surface area contributed by atoms with E-state index in [0.29, 0.717) is 29.8 Å². The Morgan fingerprint density at radius 2 is 1.86 bits per heavy atom. The van der Waals surface area contributed by atoms with E-state index in [2.05, 4.69) is 10.9 Å². The van der Waals surface area contributed by atoms with Crippen LogP contribution < -0.4 is 21.3 Å². The highest BCUT2D eigenvalue weighted by Crippen LogP contribution is 2.13. The van der Waals surface area contributed by atoms with Crippen molar-refractivity contribution in [1.29, 1.82) is 0 Å². The fourth-order valence-corrected chi connectivity index (χ4v) is 2.69. The van der Waals surface area contributed by atoms with Crippen LogP contribution in [0.4, 0.5) is 4.39 Å². The monoisotopic (exact) mass is 401 g/mol. The minimum Gasteiger partial charge on any atom is -0.481 e. The van der Waals surface area contributed by atoms with Crippen LogP contribution in [0.1, 0.15) is 19.8 Å². The first-order valence-electron chi connectivity index (χ1n) is 9.03. The van der Waals surface area contributed by atoms with Crippen molar-refractivity contribution in [1.82, 2.24) is 15.4 Å². The molecule has 9 heteroatoms. The number of hydrazine groups is 1. The zero-order valence-electron chi connectivity index (χ0n) is 15.7. The second-order valence-corrected chi connectivity index (χ2v) is 6.34. The second-order valence-electron chi connectivity index (χ2n) is 6.34. The predicted octanol–water partition coefficient (Wildman–Crippen LogP) is 2.13. The van der Waals surface area contributed by atoms with Crippen molar-refractivity contribution in [3.05, 3.63) is 64.9 Å². The Bertz CT molecular complexity index is 1060. The molecule has 0 aliphatic carbocycles. The predicted molar refractivity (Wildman–Crippen MR) is 102 cm³/mol. The number of fused-ring (bicyclic) bond motifs is 1. The number of nitrogens with zero attached hydrogens (tertiary/aromatic N) is 1. The lowest BCUT2D eigenvalue weighted by Crippen LogP contribution is -2.47.